The molecule has 0 aliphatic rings. The molecule has 4 heteroatoms. The number of benzene rings is 1. The highest BCUT2D eigenvalue weighted by Gasteiger charge is 2.11. The molecule has 0 saturated heterocycles. The lowest BCUT2D eigenvalue weighted by molar-refractivity contribution is 0.177. The molecule has 104 valence electrons. The molecule has 0 bridgehead atoms. The van der Waals surface area contributed by atoms with E-state index in [4.69, 9.17) is 4.42 Å². The molecule has 1 unspecified atom stereocenters. The van der Waals surface area contributed by atoms with Gasteiger partial charge >= 0.3 is 0 Å². The molecule has 0 aliphatic heterocycles. The minimum atomic E-state index is -0.484. The molecule has 2 N–H and O–H groups in total. The monoisotopic (exact) mass is 287 g/mol. The van der Waals surface area contributed by atoms with Crippen molar-refractivity contribution in [3.8, 4) is 0 Å². The predicted octanol–water partition coefficient (Wildman–Crippen LogP) is 3.63. The van der Waals surface area contributed by atoms with Gasteiger partial charge in [0.25, 0.3) is 0 Å². The van der Waals surface area contributed by atoms with Gasteiger partial charge in [-0.15, -0.1) is 11.3 Å². The van der Waals surface area contributed by atoms with E-state index >= 15 is 0 Å². The number of aliphatic hydroxyl groups is 1. The average Bonchev–Trinajstić information content (AvgIpc) is 3.05. The largest absolute Gasteiger partial charge is 0.468 e. The molecule has 0 fully saturated rings. The number of rotatable bonds is 5. The van der Waals surface area contributed by atoms with Crippen molar-refractivity contribution in [3.05, 3.63) is 58.9 Å². The molecule has 0 aliphatic carbocycles. The summed E-state index contributed by atoms with van der Waals surface area (Å²) in [4.78, 5) is 0.995. The molecule has 0 spiro atoms. The van der Waals surface area contributed by atoms with E-state index in [9.17, 15) is 5.11 Å². The zero-order valence-corrected chi connectivity index (χ0v) is 12.1. The van der Waals surface area contributed by atoms with Crippen molar-refractivity contribution < 1.29 is 9.52 Å². The Bertz CT molecular complexity index is 668. The summed E-state index contributed by atoms with van der Waals surface area (Å²) in [6.45, 7) is 3.18. The second kappa shape index (κ2) is 5.79. The number of fused-ring (bicyclic) bond motifs is 1. The molecular weight excluding hydrogens is 270 g/mol. The van der Waals surface area contributed by atoms with Crippen molar-refractivity contribution in [2.45, 2.75) is 19.6 Å². The van der Waals surface area contributed by atoms with Crippen LogP contribution < -0.4 is 5.32 Å². The van der Waals surface area contributed by atoms with Gasteiger partial charge in [-0.3, -0.25) is 0 Å². The van der Waals surface area contributed by atoms with Crippen LogP contribution in [0, 0.1) is 6.92 Å². The first-order valence-corrected chi connectivity index (χ1v) is 7.46. The highest BCUT2D eigenvalue weighted by atomic mass is 32.1. The second-order valence-corrected chi connectivity index (χ2v) is 5.98. The zero-order chi connectivity index (χ0) is 13.9. The first kappa shape index (κ1) is 13.4. The van der Waals surface area contributed by atoms with E-state index < -0.39 is 6.10 Å². The quantitative estimate of drug-likeness (QED) is 0.753. The third kappa shape index (κ3) is 2.77. The highest BCUT2D eigenvalue weighted by Crippen LogP contribution is 2.29. The standard InChI is InChI=1S/C16H17NO2S/c1-11-6-7-19-14(11)10-17-9-13(18)16-8-12-4-2-3-5-15(12)20-16/h2-8,13,17-18H,9-10H2,1H3. The fraction of sp³-hybridized carbons (Fsp3) is 0.250. The normalized spacial score (nSPS) is 12.9. The first-order valence-electron chi connectivity index (χ1n) is 6.64. The maximum Gasteiger partial charge on any atom is 0.120 e. The predicted molar refractivity (Wildman–Crippen MR) is 81.9 cm³/mol. The van der Waals surface area contributed by atoms with E-state index in [0.717, 1.165) is 16.2 Å². The number of hydrogen-bond donors (Lipinski definition) is 2. The fourth-order valence-corrected chi connectivity index (χ4v) is 3.23. The lowest BCUT2D eigenvalue weighted by Gasteiger charge is -2.09. The Labute approximate surface area is 121 Å². The van der Waals surface area contributed by atoms with Crippen LogP contribution >= 0.6 is 11.3 Å². The van der Waals surface area contributed by atoms with Gasteiger partial charge in [-0.25, -0.2) is 0 Å². The van der Waals surface area contributed by atoms with E-state index in [2.05, 4.69) is 23.5 Å². The van der Waals surface area contributed by atoms with E-state index in [0.29, 0.717) is 13.1 Å². The molecular formula is C16H17NO2S. The van der Waals surface area contributed by atoms with Gasteiger partial charge in [-0.05, 0) is 36.1 Å². The van der Waals surface area contributed by atoms with Crippen LogP contribution in [0.2, 0.25) is 0 Å². The molecule has 3 rings (SSSR count). The van der Waals surface area contributed by atoms with Gasteiger partial charge < -0.3 is 14.8 Å². The van der Waals surface area contributed by atoms with Gasteiger partial charge in [0.1, 0.15) is 11.9 Å². The van der Waals surface area contributed by atoms with Crippen molar-refractivity contribution in [2.75, 3.05) is 6.54 Å². The highest BCUT2D eigenvalue weighted by molar-refractivity contribution is 7.19. The summed E-state index contributed by atoms with van der Waals surface area (Å²) in [7, 11) is 0. The van der Waals surface area contributed by atoms with Gasteiger partial charge in [-0.1, -0.05) is 18.2 Å². The minimum Gasteiger partial charge on any atom is -0.468 e. The first-order chi connectivity index (χ1) is 9.74. The molecule has 0 saturated carbocycles. The third-order valence-corrected chi connectivity index (χ3v) is 4.58. The molecule has 20 heavy (non-hydrogen) atoms. The molecule has 0 amide bonds. The van der Waals surface area contributed by atoms with Crippen molar-refractivity contribution in [3.63, 3.8) is 0 Å². The van der Waals surface area contributed by atoms with E-state index in [1.165, 1.54) is 10.1 Å². The molecule has 1 atom stereocenters. The van der Waals surface area contributed by atoms with Crippen molar-refractivity contribution in [1.29, 1.82) is 0 Å². The summed E-state index contributed by atoms with van der Waals surface area (Å²) in [6, 6.07) is 12.2. The number of hydrogen-bond acceptors (Lipinski definition) is 4. The molecule has 2 heterocycles. The maximum absolute atomic E-state index is 10.2. The summed E-state index contributed by atoms with van der Waals surface area (Å²) in [5.74, 6) is 0.925. The van der Waals surface area contributed by atoms with Crippen LogP contribution in [0.25, 0.3) is 10.1 Å². The van der Waals surface area contributed by atoms with Gasteiger partial charge in [0.2, 0.25) is 0 Å². The lowest BCUT2D eigenvalue weighted by atomic mass is 10.2. The average molecular weight is 287 g/mol. The van der Waals surface area contributed by atoms with Crippen molar-refractivity contribution >= 4 is 21.4 Å². The molecule has 0 radical (unpaired) electrons. The Morgan fingerprint density at radius 3 is 2.90 bits per heavy atom. The van der Waals surface area contributed by atoms with Crippen molar-refractivity contribution in [1.82, 2.24) is 5.32 Å². The smallest absolute Gasteiger partial charge is 0.120 e. The molecule has 3 aromatic rings. The van der Waals surface area contributed by atoms with Crippen LogP contribution in [-0.4, -0.2) is 11.7 Å². The van der Waals surface area contributed by atoms with E-state index in [-0.39, 0.29) is 0 Å². The summed E-state index contributed by atoms with van der Waals surface area (Å²) >= 11 is 1.64. The third-order valence-electron chi connectivity index (χ3n) is 3.36. The fourth-order valence-electron chi connectivity index (χ4n) is 2.17. The second-order valence-electron chi connectivity index (χ2n) is 4.86. The summed E-state index contributed by atoms with van der Waals surface area (Å²) in [5, 5.41) is 14.7. The number of aliphatic hydroxyl groups excluding tert-OH is 1. The zero-order valence-electron chi connectivity index (χ0n) is 11.3. The van der Waals surface area contributed by atoms with Crippen LogP contribution in [0.5, 0.6) is 0 Å². The minimum absolute atomic E-state index is 0.484. The van der Waals surface area contributed by atoms with E-state index in [1.807, 2.05) is 25.1 Å². The summed E-state index contributed by atoms with van der Waals surface area (Å²) < 4.78 is 6.57. The van der Waals surface area contributed by atoms with Crippen LogP contribution in [0.4, 0.5) is 0 Å². The molecule has 3 nitrogen and oxygen atoms in total. The molecule has 1 aromatic carbocycles. The number of thiophene rings is 1. The van der Waals surface area contributed by atoms with Gasteiger partial charge in [0.15, 0.2) is 0 Å². The van der Waals surface area contributed by atoms with Gasteiger partial charge in [-0.2, -0.15) is 0 Å². The Hall–Kier alpha value is -1.62. The SMILES string of the molecule is Cc1ccoc1CNCC(O)c1cc2ccccc2s1. The van der Waals surface area contributed by atoms with Gasteiger partial charge in [0, 0.05) is 16.1 Å². The van der Waals surface area contributed by atoms with E-state index in [1.54, 1.807) is 17.6 Å². The van der Waals surface area contributed by atoms with Gasteiger partial charge in [0.05, 0.1) is 12.8 Å². The van der Waals surface area contributed by atoms with Crippen LogP contribution in [-0.2, 0) is 6.54 Å². The molecule has 2 aromatic heterocycles. The topological polar surface area (TPSA) is 45.4 Å². The van der Waals surface area contributed by atoms with Crippen LogP contribution in [0.15, 0.2) is 47.1 Å². The Balaban J connectivity index is 1.61. The summed E-state index contributed by atoms with van der Waals surface area (Å²) in [5.41, 5.74) is 1.13. The Morgan fingerprint density at radius 2 is 2.15 bits per heavy atom. The Kier molecular flexibility index (Phi) is 3.87. The number of aryl methyl sites for hydroxylation is 1. The Morgan fingerprint density at radius 1 is 1.30 bits per heavy atom. The number of nitrogens with one attached hydrogen (secondary N) is 1. The lowest BCUT2D eigenvalue weighted by Crippen LogP contribution is -2.20. The summed E-state index contributed by atoms with van der Waals surface area (Å²) in [6.07, 6.45) is 1.21. The van der Waals surface area contributed by atoms with Crippen LogP contribution in [0.1, 0.15) is 22.3 Å². The van der Waals surface area contributed by atoms with Crippen LogP contribution in [0.3, 0.4) is 0 Å². The maximum atomic E-state index is 10.2. The number of furan rings is 1. The van der Waals surface area contributed by atoms with Crippen molar-refractivity contribution in [2.24, 2.45) is 0 Å².